The van der Waals surface area contributed by atoms with Gasteiger partial charge in [0.1, 0.15) is 12.4 Å². The van der Waals surface area contributed by atoms with Crippen LogP contribution in [0.25, 0.3) is 0 Å². The third-order valence-corrected chi connectivity index (χ3v) is 4.99. The number of hydrogen-bond acceptors (Lipinski definition) is 3. The highest BCUT2D eigenvalue weighted by molar-refractivity contribution is 7.89. The van der Waals surface area contributed by atoms with Crippen LogP contribution in [-0.2, 0) is 10.0 Å². The van der Waals surface area contributed by atoms with E-state index in [9.17, 15) is 8.42 Å². The molecule has 0 aliphatic heterocycles. The molecule has 2 rings (SSSR count). The fraction of sp³-hybridized carbons (Fsp3) is 0.250. The molecule has 0 radical (unpaired) electrons. The quantitative estimate of drug-likeness (QED) is 0.821. The molecule has 0 spiro atoms. The first-order chi connectivity index (χ1) is 10.4. The van der Waals surface area contributed by atoms with Crippen molar-refractivity contribution in [3.63, 3.8) is 0 Å². The van der Waals surface area contributed by atoms with Crippen LogP contribution in [-0.4, -0.2) is 21.6 Å². The van der Waals surface area contributed by atoms with Crippen LogP contribution in [0.5, 0.6) is 5.75 Å². The van der Waals surface area contributed by atoms with Crippen LogP contribution in [0.4, 0.5) is 0 Å². The van der Waals surface area contributed by atoms with E-state index in [4.69, 9.17) is 16.3 Å². The van der Waals surface area contributed by atoms with E-state index in [1.807, 2.05) is 32.0 Å². The first-order valence-electron chi connectivity index (χ1n) is 6.84. The minimum absolute atomic E-state index is 0.183. The van der Waals surface area contributed by atoms with Gasteiger partial charge in [0.2, 0.25) is 10.0 Å². The van der Waals surface area contributed by atoms with Crippen molar-refractivity contribution >= 4 is 21.6 Å². The SMILES string of the molecule is Cc1ccc(OCCNS(=O)(=O)c2ccc(Cl)cc2)cc1C. The minimum Gasteiger partial charge on any atom is -0.492 e. The molecule has 2 aromatic rings. The summed E-state index contributed by atoms with van der Waals surface area (Å²) in [6, 6.07) is 11.8. The number of aryl methyl sites for hydroxylation is 2. The summed E-state index contributed by atoms with van der Waals surface area (Å²) in [5.41, 5.74) is 2.33. The van der Waals surface area contributed by atoms with Gasteiger partial charge in [-0.1, -0.05) is 17.7 Å². The minimum atomic E-state index is -3.53. The Morgan fingerprint density at radius 2 is 1.73 bits per heavy atom. The highest BCUT2D eigenvalue weighted by Crippen LogP contribution is 2.16. The van der Waals surface area contributed by atoms with Gasteiger partial charge in [-0.15, -0.1) is 0 Å². The molecule has 2 aromatic carbocycles. The van der Waals surface area contributed by atoms with Gasteiger partial charge in [0.05, 0.1) is 4.90 Å². The molecule has 0 heterocycles. The van der Waals surface area contributed by atoms with E-state index < -0.39 is 10.0 Å². The fourth-order valence-electron chi connectivity index (χ4n) is 1.85. The fourth-order valence-corrected chi connectivity index (χ4v) is 2.98. The molecule has 0 bridgehead atoms. The van der Waals surface area contributed by atoms with Gasteiger partial charge in [0.15, 0.2) is 0 Å². The zero-order valence-corrected chi connectivity index (χ0v) is 14.0. The Bertz CT molecular complexity index is 742. The molecular weight excluding hydrogens is 322 g/mol. The first kappa shape index (κ1) is 16.8. The zero-order valence-electron chi connectivity index (χ0n) is 12.5. The van der Waals surface area contributed by atoms with Gasteiger partial charge < -0.3 is 4.74 Å². The van der Waals surface area contributed by atoms with Crippen LogP contribution in [0.3, 0.4) is 0 Å². The summed E-state index contributed by atoms with van der Waals surface area (Å²) in [4.78, 5) is 0.183. The van der Waals surface area contributed by atoms with E-state index in [1.165, 1.54) is 17.7 Å². The molecule has 0 aliphatic carbocycles. The molecule has 0 unspecified atom stereocenters. The van der Waals surface area contributed by atoms with E-state index in [0.29, 0.717) is 5.02 Å². The number of ether oxygens (including phenoxy) is 1. The van der Waals surface area contributed by atoms with Crippen molar-refractivity contribution < 1.29 is 13.2 Å². The maximum atomic E-state index is 12.0. The van der Waals surface area contributed by atoms with E-state index >= 15 is 0 Å². The molecule has 0 saturated heterocycles. The van der Waals surface area contributed by atoms with Gasteiger partial charge in [-0.25, -0.2) is 13.1 Å². The van der Waals surface area contributed by atoms with E-state index in [2.05, 4.69) is 4.72 Å². The third-order valence-electron chi connectivity index (χ3n) is 3.27. The Labute approximate surface area is 136 Å². The lowest BCUT2D eigenvalue weighted by atomic mass is 10.1. The highest BCUT2D eigenvalue weighted by Gasteiger charge is 2.12. The Hall–Kier alpha value is -1.56. The average molecular weight is 340 g/mol. The molecular formula is C16H18ClNO3S. The summed E-state index contributed by atoms with van der Waals surface area (Å²) in [7, 11) is -3.53. The Kier molecular flexibility index (Phi) is 5.45. The van der Waals surface area contributed by atoms with Crippen molar-refractivity contribution in [2.75, 3.05) is 13.2 Å². The molecule has 0 amide bonds. The lowest BCUT2D eigenvalue weighted by Crippen LogP contribution is -2.28. The molecule has 118 valence electrons. The number of benzene rings is 2. The predicted octanol–water partition coefficient (Wildman–Crippen LogP) is 3.31. The summed E-state index contributed by atoms with van der Waals surface area (Å²) in [6.07, 6.45) is 0. The van der Waals surface area contributed by atoms with E-state index in [-0.39, 0.29) is 18.0 Å². The molecule has 0 fully saturated rings. The van der Waals surface area contributed by atoms with Gasteiger partial charge in [-0.05, 0) is 61.4 Å². The standard InChI is InChI=1S/C16H18ClNO3S/c1-12-3-6-15(11-13(12)2)21-10-9-18-22(19,20)16-7-4-14(17)5-8-16/h3-8,11,18H,9-10H2,1-2H3. The average Bonchev–Trinajstić information content (AvgIpc) is 2.48. The van der Waals surface area contributed by atoms with Gasteiger partial charge in [0, 0.05) is 11.6 Å². The third kappa shape index (κ3) is 4.47. The summed E-state index contributed by atoms with van der Waals surface area (Å²) >= 11 is 5.74. The summed E-state index contributed by atoms with van der Waals surface area (Å²) in [6.45, 7) is 4.48. The summed E-state index contributed by atoms with van der Waals surface area (Å²) in [5, 5.41) is 0.497. The molecule has 0 saturated carbocycles. The van der Waals surface area contributed by atoms with Crippen LogP contribution >= 0.6 is 11.6 Å². The van der Waals surface area contributed by atoms with Gasteiger partial charge >= 0.3 is 0 Å². The zero-order chi connectivity index (χ0) is 16.2. The molecule has 0 aromatic heterocycles. The van der Waals surface area contributed by atoms with Gasteiger partial charge in [-0.3, -0.25) is 0 Å². The van der Waals surface area contributed by atoms with Crippen molar-refractivity contribution in [1.29, 1.82) is 0 Å². The molecule has 0 aliphatic rings. The Balaban J connectivity index is 1.87. The Morgan fingerprint density at radius 3 is 2.36 bits per heavy atom. The lowest BCUT2D eigenvalue weighted by Gasteiger charge is -2.10. The number of halogens is 1. The second kappa shape index (κ2) is 7.13. The van der Waals surface area contributed by atoms with E-state index in [1.54, 1.807) is 12.1 Å². The van der Waals surface area contributed by atoms with Crippen LogP contribution in [0, 0.1) is 13.8 Å². The van der Waals surface area contributed by atoms with Crippen molar-refractivity contribution in [2.45, 2.75) is 18.7 Å². The first-order valence-corrected chi connectivity index (χ1v) is 8.70. The van der Waals surface area contributed by atoms with Crippen molar-refractivity contribution in [3.05, 3.63) is 58.6 Å². The number of sulfonamides is 1. The van der Waals surface area contributed by atoms with Crippen LogP contribution < -0.4 is 9.46 Å². The summed E-state index contributed by atoms with van der Waals surface area (Å²) in [5.74, 6) is 0.730. The second-order valence-electron chi connectivity index (χ2n) is 4.95. The lowest BCUT2D eigenvalue weighted by molar-refractivity contribution is 0.322. The Morgan fingerprint density at radius 1 is 1.05 bits per heavy atom. The van der Waals surface area contributed by atoms with Crippen LogP contribution in [0.15, 0.2) is 47.4 Å². The monoisotopic (exact) mass is 339 g/mol. The van der Waals surface area contributed by atoms with Gasteiger partial charge in [-0.2, -0.15) is 0 Å². The van der Waals surface area contributed by atoms with Crippen molar-refractivity contribution in [1.82, 2.24) is 4.72 Å². The largest absolute Gasteiger partial charge is 0.492 e. The molecule has 22 heavy (non-hydrogen) atoms. The number of rotatable bonds is 6. The topological polar surface area (TPSA) is 55.4 Å². The number of nitrogens with one attached hydrogen (secondary N) is 1. The molecule has 1 N–H and O–H groups in total. The predicted molar refractivity (Wildman–Crippen MR) is 88.1 cm³/mol. The van der Waals surface area contributed by atoms with Gasteiger partial charge in [0.25, 0.3) is 0 Å². The van der Waals surface area contributed by atoms with Crippen molar-refractivity contribution in [2.24, 2.45) is 0 Å². The molecule has 4 nitrogen and oxygen atoms in total. The highest BCUT2D eigenvalue weighted by atomic mass is 35.5. The van der Waals surface area contributed by atoms with Crippen LogP contribution in [0.1, 0.15) is 11.1 Å². The maximum Gasteiger partial charge on any atom is 0.240 e. The maximum absolute atomic E-state index is 12.0. The smallest absolute Gasteiger partial charge is 0.240 e. The molecule has 0 atom stereocenters. The van der Waals surface area contributed by atoms with E-state index in [0.717, 1.165) is 11.3 Å². The number of hydrogen-bond donors (Lipinski definition) is 1. The summed E-state index contributed by atoms with van der Waals surface area (Å²) < 4.78 is 32.1. The normalized spacial score (nSPS) is 11.4. The second-order valence-corrected chi connectivity index (χ2v) is 7.15. The molecule has 6 heteroatoms. The van der Waals surface area contributed by atoms with Crippen molar-refractivity contribution in [3.8, 4) is 5.75 Å². The van der Waals surface area contributed by atoms with Crippen LogP contribution in [0.2, 0.25) is 5.02 Å².